The maximum Gasteiger partial charge on any atom is 0.350 e. The minimum absolute atomic E-state index is 0. The van der Waals surface area contributed by atoms with Crippen LogP contribution in [0.1, 0.15) is 39.3 Å². The van der Waals surface area contributed by atoms with E-state index in [-0.39, 0.29) is 65.7 Å². The quantitative estimate of drug-likeness (QED) is 0.179. The fraction of sp³-hybridized carbons (Fsp3) is 0.389. The Hall–Kier alpha value is -3.89. The van der Waals surface area contributed by atoms with Crippen LogP contribution in [0.5, 0.6) is 5.75 Å². The molecule has 2 aliphatic rings. The van der Waals surface area contributed by atoms with Gasteiger partial charge in [-0.05, 0) is 61.9 Å². The van der Waals surface area contributed by atoms with Gasteiger partial charge in [0.15, 0.2) is 0 Å². The molecule has 51 heavy (non-hydrogen) atoms. The Kier molecular flexibility index (Phi) is 15.1. The maximum absolute atomic E-state index is 12.8. The smallest absolute Gasteiger partial charge is 0.350 e. The molecule has 12 nitrogen and oxygen atoms in total. The Morgan fingerprint density at radius 3 is 1.98 bits per heavy atom. The zero-order valence-electron chi connectivity index (χ0n) is 28.3. The van der Waals surface area contributed by atoms with E-state index in [2.05, 4.69) is 56.3 Å². The van der Waals surface area contributed by atoms with E-state index in [1.165, 1.54) is 5.69 Å². The van der Waals surface area contributed by atoms with Gasteiger partial charge in [-0.3, -0.25) is 0 Å². The molecule has 0 aliphatic carbocycles. The zero-order valence-corrected chi connectivity index (χ0v) is 31.3. The van der Waals surface area contributed by atoms with Crippen molar-refractivity contribution in [2.75, 3.05) is 49.2 Å². The van der Waals surface area contributed by atoms with Crippen LogP contribution in [0.25, 0.3) is 5.69 Å². The topological polar surface area (TPSA) is 105 Å². The molecule has 2 aromatic heterocycles. The molecule has 0 saturated carbocycles. The zero-order chi connectivity index (χ0) is 32.2. The minimum Gasteiger partial charge on any atom is -0.491 e. The molecule has 3 atom stereocenters. The lowest BCUT2D eigenvalue weighted by molar-refractivity contribution is -0.192. The van der Waals surface area contributed by atoms with Crippen molar-refractivity contribution in [3.8, 4) is 11.4 Å². The molecule has 0 amide bonds. The summed E-state index contributed by atoms with van der Waals surface area (Å²) < 4.78 is 22.0. The van der Waals surface area contributed by atoms with Crippen LogP contribution in [0.2, 0.25) is 0 Å². The third-order valence-corrected chi connectivity index (χ3v) is 9.00. The number of piperazine rings is 1. The molecule has 3 aromatic carbocycles. The van der Waals surface area contributed by atoms with Gasteiger partial charge < -0.3 is 24.0 Å². The predicted octanol–water partition coefficient (Wildman–Crippen LogP) is 5.25. The van der Waals surface area contributed by atoms with Crippen molar-refractivity contribution >= 4 is 51.9 Å². The van der Waals surface area contributed by atoms with Gasteiger partial charge in [0, 0.05) is 43.1 Å². The molecule has 276 valence electrons. The van der Waals surface area contributed by atoms with E-state index in [0.29, 0.717) is 19.8 Å². The number of ether oxygens (including phenoxy) is 3. The number of anilines is 2. The minimum atomic E-state index is -0.973. The molecule has 0 unspecified atom stereocenters. The third-order valence-electron chi connectivity index (χ3n) is 9.00. The van der Waals surface area contributed by atoms with Crippen molar-refractivity contribution < 1.29 is 14.2 Å². The van der Waals surface area contributed by atoms with Crippen LogP contribution in [0, 0.1) is 0 Å². The van der Waals surface area contributed by atoms with Gasteiger partial charge in [-0.25, -0.2) is 14.0 Å². The molecule has 4 heterocycles. The standard InChI is InChI=1S/C35H40N8O4.CH4.3H2S/c1-3-27(2)43-34(44)41(26-38-43)31-11-9-29(10-12-31)39-19-21-40(22-20-39)30-13-15-32(16-14-30)45-23-33-24-46-35(47-33,25-42-36-17-18-37-42)28-7-5-4-6-8-28;;;;/h4-18,26-27,33H,3,19-25H2,1-2H3;1H4;3*1H2/t27-,33-,35+;;;;/m0..../s1. The number of nitrogens with zero attached hydrogens (tertiary/aromatic N) is 8. The number of hydrogen-bond acceptors (Lipinski definition) is 9. The summed E-state index contributed by atoms with van der Waals surface area (Å²) in [4.78, 5) is 19.1. The average Bonchev–Trinajstić information content (AvgIpc) is 3.89. The molecule has 2 fully saturated rings. The van der Waals surface area contributed by atoms with Gasteiger partial charge in [0.05, 0.1) is 30.7 Å². The second-order valence-corrected chi connectivity index (χ2v) is 12.0. The Bertz CT molecular complexity index is 1800. The highest BCUT2D eigenvalue weighted by molar-refractivity contribution is 7.59. The monoisotopic (exact) mass is 754 g/mol. The third kappa shape index (κ3) is 9.13. The summed E-state index contributed by atoms with van der Waals surface area (Å²) in [5.41, 5.74) is 3.95. The SMILES string of the molecule is C.CC[C@H](C)n1ncn(-c2ccc(N3CCN(c4ccc(OC[C@H]5CO[C@@](Cn6nccn6)(c6ccccc6)O5)cc4)CC3)cc2)c1=O.S.S.S. The average molecular weight is 755 g/mol. The first kappa shape index (κ1) is 41.5. The van der Waals surface area contributed by atoms with E-state index in [1.807, 2.05) is 61.5 Å². The molecule has 0 radical (unpaired) electrons. The van der Waals surface area contributed by atoms with Crippen molar-refractivity contribution in [3.63, 3.8) is 0 Å². The van der Waals surface area contributed by atoms with Crippen LogP contribution in [0.15, 0.2) is 102 Å². The van der Waals surface area contributed by atoms with E-state index in [4.69, 9.17) is 14.2 Å². The molecule has 15 heteroatoms. The van der Waals surface area contributed by atoms with Crippen molar-refractivity contribution in [1.29, 1.82) is 0 Å². The second kappa shape index (κ2) is 18.6. The maximum atomic E-state index is 12.8. The summed E-state index contributed by atoms with van der Waals surface area (Å²) in [6, 6.07) is 26.4. The largest absolute Gasteiger partial charge is 0.491 e. The molecule has 0 N–H and O–H groups in total. The molecular weight excluding hydrogens is 705 g/mol. The highest BCUT2D eigenvalue weighted by atomic mass is 32.1. The Morgan fingerprint density at radius 1 is 0.824 bits per heavy atom. The molecule has 0 spiro atoms. The molecule has 7 rings (SSSR count). The van der Waals surface area contributed by atoms with Crippen LogP contribution < -0.4 is 20.2 Å². The Balaban J connectivity index is 0.00000176. The summed E-state index contributed by atoms with van der Waals surface area (Å²) in [5.74, 6) is -0.185. The Labute approximate surface area is 320 Å². The van der Waals surface area contributed by atoms with Crippen molar-refractivity contribution in [2.24, 2.45) is 0 Å². The summed E-state index contributed by atoms with van der Waals surface area (Å²) in [6.45, 7) is 8.79. The van der Waals surface area contributed by atoms with Gasteiger partial charge >= 0.3 is 5.69 Å². The first-order chi connectivity index (χ1) is 23.0. The van der Waals surface area contributed by atoms with E-state index >= 15 is 0 Å². The number of aromatic nitrogens is 6. The Morgan fingerprint density at radius 2 is 1.39 bits per heavy atom. The molecule has 2 saturated heterocycles. The summed E-state index contributed by atoms with van der Waals surface area (Å²) in [5, 5.41) is 12.8. The molecule has 5 aromatic rings. The van der Waals surface area contributed by atoms with Crippen molar-refractivity contribution in [2.45, 2.75) is 52.2 Å². The summed E-state index contributed by atoms with van der Waals surface area (Å²) >= 11 is 0. The van der Waals surface area contributed by atoms with Gasteiger partial charge in [-0.2, -0.15) is 60.6 Å². The second-order valence-electron chi connectivity index (χ2n) is 12.0. The highest BCUT2D eigenvalue weighted by Gasteiger charge is 2.44. The summed E-state index contributed by atoms with van der Waals surface area (Å²) in [6.07, 6.45) is 5.51. The van der Waals surface area contributed by atoms with Crippen LogP contribution in [0.4, 0.5) is 11.4 Å². The predicted molar refractivity (Wildman–Crippen MR) is 216 cm³/mol. The van der Waals surface area contributed by atoms with E-state index in [0.717, 1.165) is 55.3 Å². The van der Waals surface area contributed by atoms with Crippen molar-refractivity contribution in [1.82, 2.24) is 29.3 Å². The highest BCUT2D eigenvalue weighted by Crippen LogP contribution is 2.36. The number of rotatable bonds is 11. The number of hydrogen-bond donors (Lipinski definition) is 0. The van der Waals surface area contributed by atoms with E-state index < -0.39 is 5.79 Å². The van der Waals surface area contributed by atoms with Crippen molar-refractivity contribution in [3.05, 3.63) is 114 Å². The molecular formula is C36H50N8O4S3. The lowest BCUT2D eigenvalue weighted by Crippen LogP contribution is -2.46. The lowest BCUT2D eigenvalue weighted by Gasteiger charge is -2.37. The van der Waals surface area contributed by atoms with E-state index in [1.54, 1.807) is 32.8 Å². The lowest BCUT2D eigenvalue weighted by atomic mass is 10.1. The normalized spacial score (nSPS) is 18.8. The molecule has 2 aliphatic heterocycles. The number of benzene rings is 3. The fourth-order valence-electron chi connectivity index (χ4n) is 6.13. The first-order valence-corrected chi connectivity index (χ1v) is 16.2. The van der Waals surface area contributed by atoms with Crippen LogP contribution >= 0.6 is 40.5 Å². The van der Waals surface area contributed by atoms with Gasteiger partial charge in [-0.1, -0.05) is 44.7 Å². The van der Waals surface area contributed by atoms with Gasteiger partial charge in [0.1, 0.15) is 31.3 Å². The first-order valence-electron chi connectivity index (χ1n) is 16.2. The van der Waals surface area contributed by atoms with E-state index in [9.17, 15) is 4.79 Å². The summed E-state index contributed by atoms with van der Waals surface area (Å²) in [7, 11) is 0. The fourth-order valence-corrected chi connectivity index (χ4v) is 6.13. The van der Waals surface area contributed by atoms with Gasteiger partial charge in [0.2, 0.25) is 5.79 Å². The van der Waals surface area contributed by atoms with Crippen LogP contribution in [-0.2, 0) is 21.8 Å². The van der Waals surface area contributed by atoms with Gasteiger partial charge in [-0.15, -0.1) is 0 Å². The van der Waals surface area contributed by atoms with Gasteiger partial charge in [0.25, 0.3) is 0 Å². The molecule has 0 bridgehead atoms. The van der Waals surface area contributed by atoms with Crippen LogP contribution in [0.3, 0.4) is 0 Å². The van der Waals surface area contributed by atoms with Crippen LogP contribution in [-0.4, -0.2) is 74.8 Å².